The van der Waals surface area contributed by atoms with Crippen LogP contribution < -0.4 is 5.32 Å². The number of phenolic OH excluding ortho intramolecular Hbond substituents is 1. The van der Waals surface area contributed by atoms with Gasteiger partial charge in [-0.1, -0.05) is 12.1 Å². The van der Waals surface area contributed by atoms with Gasteiger partial charge in [0.05, 0.1) is 23.7 Å². The Kier molecular flexibility index (Phi) is 3.49. The first-order chi connectivity index (χ1) is 8.61. The first-order valence-corrected chi connectivity index (χ1v) is 5.80. The molecule has 94 valence electrons. The van der Waals surface area contributed by atoms with Crippen molar-refractivity contribution in [3.05, 3.63) is 24.3 Å². The van der Waals surface area contributed by atoms with E-state index in [1.165, 1.54) is 6.07 Å². The Morgan fingerprint density at radius 3 is 2.89 bits per heavy atom. The molecule has 2 rings (SSSR count). The number of nitriles is 1. The molecule has 1 aromatic rings. The summed E-state index contributed by atoms with van der Waals surface area (Å²) >= 11 is 0. The molecular formula is C13H15N3O2. The van der Waals surface area contributed by atoms with Gasteiger partial charge in [-0.15, -0.1) is 0 Å². The maximum atomic E-state index is 12.0. The molecular weight excluding hydrogens is 230 g/mol. The highest BCUT2D eigenvalue weighted by atomic mass is 16.3. The van der Waals surface area contributed by atoms with Gasteiger partial charge in [-0.25, -0.2) is 0 Å². The summed E-state index contributed by atoms with van der Waals surface area (Å²) in [6.07, 6.45) is 0.534. The second-order valence-electron chi connectivity index (χ2n) is 4.52. The van der Waals surface area contributed by atoms with Gasteiger partial charge in [0.25, 0.3) is 0 Å². The summed E-state index contributed by atoms with van der Waals surface area (Å²) in [5.74, 6) is -0.311. The van der Waals surface area contributed by atoms with Crippen LogP contribution in [0.15, 0.2) is 24.3 Å². The summed E-state index contributed by atoms with van der Waals surface area (Å²) in [5.41, 5.74) is 0.408. The van der Waals surface area contributed by atoms with E-state index in [9.17, 15) is 9.90 Å². The Morgan fingerprint density at radius 2 is 2.28 bits per heavy atom. The lowest BCUT2D eigenvalue weighted by Gasteiger charge is -2.12. The van der Waals surface area contributed by atoms with E-state index in [1.54, 1.807) is 18.2 Å². The standard InChI is InChI=1S/C13H15N3O2/c1-16-8-9(6-10(16)7-14)13(18)15-11-4-2-3-5-12(11)17/h2-5,9-10,17H,6,8H2,1H3,(H,15,18). The van der Waals surface area contributed by atoms with Crippen LogP contribution in [0.2, 0.25) is 0 Å². The van der Waals surface area contributed by atoms with Crippen LogP contribution in [0.25, 0.3) is 0 Å². The summed E-state index contributed by atoms with van der Waals surface area (Å²) in [4.78, 5) is 13.9. The number of nitrogens with one attached hydrogen (secondary N) is 1. The van der Waals surface area contributed by atoms with Crippen molar-refractivity contribution < 1.29 is 9.90 Å². The third-order valence-corrected chi connectivity index (χ3v) is 3.23. The summed E-state index contributed by atoms with van der Waals surface area (Å²) in [6, 6.07) is 8.57. The number of aromatic hydroxyl groups is 1. The molecule has 1 amide bonds. The van der Waals surface area contributed by atoms with E-state index in [0.717, 1.165) is 0 Å². The Morgan fingerprint density at radius 1 is 1.56 bits per heavy atom. The molecule has 0 aromatic heterocycles. The molecule has 5 heteroatoms. The average Bonchev–Trinajstić information content (AvgIpc) is 2.73. The van der Waals surface area contributed by atoms with Crippen LogP contribution in [0.5, 0.6) is 5.75 Å². The number of amides is 1. The predicted molar refractivity (Wildman–Crippen MR) is 66.9 cm³/mol. The fraction of sp³-hybridized carbons (Fsp3) is 0.385. The van der Waals surface area contributed by atoms with Gasteiger partial charge in [0, 0.05) is 6.54 Å². The van der Waals surface area contributed by atoms with E-state index in [4.69, 9.17) is 5.26 Å². The normalized spacial score (nSPS) is 23.6. The number of anilines is 1. The van der Waals surface area contributed by atoms with E-state index in [1.807, 2.05) is 11.9 Å². The molecule has 2 unspecified atom stereocenters. The lowest BCUT2D eigenvalue weighted by Crippen LogP contribution is -2.26. The summed E-state index contributed by atoms with van der Waals surface area (Å²) in [5, 5.41) is 21.2. The minimum absolute atomic E-state index is 0.0500. The van der Waals surface area contributed by atoms with Crippen LogP contribution in [0.3, 0.4) is 0 Å². The van der Waals surface area contributed by atoms with Crippen molar-refractivity contribution in [2.24, 2.45) is 5.92 Å². The maximum absolute atomic E-state index is 12.0. The van der Waals surface area contributed by atoms with Crippen molar-refractivity contribution in [2.45, 2.75) is 12.5 Å². The molecule has 1 heterocycles. The number of phenols is 1. The lowest BCUT2D eigenvalue weighted by atomic mass is 10.1. The van der Waals surface area contributed by atoms with Crippen LogP contribution >= 0.6 is 0 Å². The SMILES string of the molecule is CN1CC(C(=O)Nc2ccccc2O)CC1C#N. The summed E-state index contributed by atoms with van der Waals surface area (Å²) < 4.78 is 0. The quantitative estimate of drug-likeness (QED) is 0.767. The average molecular weight is 245 g/mol. The molecule has 5 nitrogen and oxygen atoms in total. The first kappa shape index (κ1) is 12.4. The van der Waals surface area contributed by atoms with Gasteiger partial charge in [0.15, 0.2) is 0 Å². The van der Waals surface area contributed by atoms with Crippen LogP contribution in [-0.4, -0.2) is 35.5 Å². The number of carbonyl (C=O) groups excluding carboxylic acids is 1. The highest BCUT2D eigenvalue weighted by Gasteiger charge is 2.34. The molecule has 0 bridgehead atoms. The van der Waals surface area contributed by atoms with Crippen molar-refractivity contribution >= 4 is 11.6 Å². The first-order valence-electron chi connectivity index (χ1n) is 5.80. The van der Waals surface area contributed by atoms with Crippen molar-refractivity contribution in [1.82, 2.24) is 4.90 Å². The van der Waals surface area contributed by atoms with Crippen molar-refractivity contribution in [2.75, 3.05) is 18.9 Å². The molecule has 0 saturated carbocycles. The molecule has 1 saturated heterocycles. The number of benzene rings is 1. The minimum Gasteiger partial charge on any atom is -0.506 e. The van der Waals surface area contributed by atoms with Crippen LogP contribution in [0.1, 0.15) is 6.42 Å². The van der Waals surface area contributed by atoms with Gasteiger partial charge in [0.2, 0.25) is 5.91 Å². The zero-order valence-electron chi connectivity index (χ0n) is 10.1. The van der Waals surface area contributed by atoms with Gasteiger partial charge in [-0.05, 0) is 25.6 Å². The van der Waals surface area contributed by atoms with E-state index in [-0.39, 0.29) is 23.6 Å². The maximum Gasteiger partial charge on any atom is 0.228 e. The third kappa shape index (κ3) is 2.44. The van der Waals surface area contributed by atoms with Crippen LogP contribution in [0, 0.1) is 17.2 Å². The molecule has 2 atom stereocenters. The van der Waals surface area contributed by atoms with Crippen molar-refractivity contribution in [3.8, 4) is 11.8 Å². The summed E-state index contributed by atoms with van der Waals surface area (Å²) in [7, 11) is 1.83. The van der Waals surface area contributed by atoms with Crippen LogP contribution in [-0.2, 0) is 4.79 Å². The highest BCUT2D eigenvalue weighted by molar-refractivity contribution is 5.94. The number of para-hydroxylation sites is 2. The highest BCUT2D eigenvalue weighted by Crippen LogP contribution is 2.26. The lowest BCUT2D eigenvalue weighted by molar-refractivity contribution is -0.119. The Labute approximate surface area is 106 Å². The topological polar surface area (TPSA) is 76.4 Å². The molecule has 1 aliphatic heterocycles. The third-order valence-electron chi connectivity index (χ3n) is 3.23. The van der Waals surface area contributed by atoms with E-state index in [2.05, 4.69) is 11.4 Å². The molecule has 0 radical (unpaired) electrons. The monoisotopic (exact) mass is 245 g/mol. The largest absolute Gasteiger partial charge is 0.506 e. The molecule has 1 fully saturated rings. The number of hydrogen-bond acceptors (Lipinski definition) is 4. The predicted octanol–water partition coefficient (Wildman–Crippen LogP) is 1.17. The second-order valence-corrected chi connectivity index (χ2v) is 4.52. The van der Waals surface area contributed by atoms with E-state index in [0.29, 0.717) is 18.7 Å². The van der Waals surface area contributed by atoms with Crippen LogP contribution in [0.4, 0.5) is 5.69 Å². The smallest absolute Gasteiger partial charge is 0.228 e. The van der Waals surface area contributed by atoms with Gasteiger partial charge in [-0.3, -0.25) is 9.69 Å². The minimum atomic E-state index is -0.209. The van der Waals surface area contributed by atoms with Gasteiger partial charge in [-0.2, -0.15) is 5.26 Å². The number of likely N-dealkylation sites (tertiary alicyclic amines) is 1. The zero-order valence-corrected chi connectivity index (χ0v) is 10.1. The summed E-state index contributed by atoms with van der Waals surface area (Å²) in [6.45, 7) is 0.567. The molecule has 0 spiro atoms. The van der Waals surface area contributed by atoms with E-state index < -0.39 is 0 Å². The van der Waals surface area contributed by atoms with Gasteiger partial charge in [0.1, 0.15) is 5.75 Å². The van der Waals surface area contributed by atoms with Crippen molar-refractivity contribution in [3.63, 3.8) is 0 Å². The molecule has 1 aromatic carbocycles. The van der Waals surface area contributed by atoms with Gasteiger partial charge < -0.3 is 10.4 Å². The Balaban J connectivity index is 2.02. The number of carbonyl (C=O) groups is 1. The fourth-order valence-electron chi connectivity index (χ4n) is 2.15. The van der Waals surface area contributed by atoms with Crippen molar-refractivity contribution in [1.29, 1.82) is 5.26 Å². The zero-order chi connectivity index (χ0) is 13.1. The fourth-order valence-corrected chi connectivity index (χ4v) is 2.15. The Bertz CT molecular complexity index is 495. The Hall–Kier alpha value is -2.06. The molecule has 18 heavy (non-hydrogen) atoms. The molecule has 1 aliphatic rings. The second kappa shape index (κ2) is 5.07. The number of hydrogen-bond donors (Lipinski definition) is 2. The van der Waals surface area contributed by atoms with Gasteiger partial charge >= 0.3 is 0 Å². The molecule has 2 N–H and O–H groups in total. The van der Waals surface area contributed by atoms with E-state index >= 15 is 0 Å². The number of rotatable bonds is 2. The molecule has 0 aliphatic carbocycles. The number of nitrogens with zero attached hydrogens (tertiary/aromatic N) is 2.